The van der Waals surface area contributed by atoms with Gasteiger partial charge in [0.05, 0.1) is 17.5 Å². The number of fused-ring (bicyclic) bond motifs is 1. The minimum atomic E-state index is -0.736. The summed E-state index contributed by atoms with van der Waals surface area (Å²) in [6.45, 7) is 5.65. The molecule has 2 aromatic carbocycles. The average molecular weight is 441 g/mol. The van der Waals surface area contributed by atoms with E-state index >= 15 is 0 Å². The second-order valence-electron chi connectivity index (χ2n) is 6.50. The van der Waals surface area contributed by atoms with Crippen molar-refractivity contribution < 1.29 is 37.7 Å². The monoisotopic (exact) mass is 441 g/mol. The maximum absolute atomic E-state index is 12.6. The lowest BCUT2D eigenvalue weighted by molar-refractivity contribution is -0.135. The van der Waals surface area contributed by atoms with E-state index in [0.29, 0.717) is 17.9 Å². The molecule has 10 nitrogen and oxygen atoms in total. The van der Waals surface area contributed by atoms with Gasteiger partial charge in [-0.15, -0.1) is 0 Å². The lowest BCUT2D eigenvalue weighted by atomic mass is 10.1. The van der Waals surface area contributed by atoms with Crippen LogP contribution in [0.5, 0.6) is 23.0 Å². The highest BCUT2D eigenvalue weighted by Gasteiger charge is 2.22. The molecule has 3 aromatic rings. The molecule has 10 heteroatoms. The van der Waals surface area contributed by atoms with Crippen molar-refractivity contribution in [1.29, 1.82) is 0 Å². The van der Waals surface area contributed by atoms with E-state index in [-0.39, 0.29) is 34.1 Å². The third kappa shape index (κ3) is 5.09. The summed E-state index contributed by atoms with van der Waals surface area (Å²) < 4.78 is 26.0. The summed E-state index contributed by atoms with van der Waals surface area (Å²) in [4.78, 5) is 51.6. The van der Waals surface area contributed by atoms with Crippen LogP contribution in [0.1, 0.15) is 27.7 Å². The van der Waals surface area contributed by atoms with Gasteiger partial charge in [-0.2, -0.15) is 0 Å². The van der Waals surface area contributed by atoms with Crippen LogP contribution >= 0.6 is 0 Å². The molecule has 0 saturated carbocycles. The number of carbonyl (C=O) groups is 3. The van der Waals surface area contributed by atoms with Crippen LogP contribution < -0.4 is 24.6 Å². The summed E-state index contributed by atoms with van der Waals surface area (Å²) >= 11 is 0. The number of hydrogen-bond acceptors (Lipinski definition) is 10. The predicted molar refractivity (Wildman–Crippen MR) is 111 cm³/mol. The lowest BCUT2D eigenvalue weighted by Gasteiger charge is -2.14. The van der Waals surface area contributed by atoms with E-state index in [4.69, 9.17) is 23.4 Å². The number of nitrogens with zero attached hydrogens (tertiary/aromatic N) is 1. The molecule has 3 rings (SSSR count). The first-order valence-electron chi connectivity index (χ1n) is 9.49. The molecule has 0 aliphatic carbocycles. The van der Waals surface area contributed by atoms with E-state index in [9.17, 15) is 19.2 Å². The maximum Gasteiger partial charge on any atom is 0.347 e. The fraction of sp³-hybridized carbons (Fsp3) is 0.227. The molecule has 0 atom stereocenters. The summed E-state index contributed by atoms with van der Waals surface area (Å²) in [5.41, 5.74) is -0.216. The Labute approximate surface area is 181 Å². The molecule has 0 N–H and O–H groups in total. The topological polar surface area (TPSA) is 131 Å². The zero-order chi connectivity index (χ0) is 23.4. The van der Waals surface area contributed by atoms with Crippen molar-refractivity contribution in [1.82, 2.24) is 4.98 Å². The van der Waals surface area contributed by atoms with Gasteiger partial charge in [0.25, 0.3) is 0 Å². The highest BCUT2D eigenvalue weighted by atomic mass is 16.6. The standard InChI is InChI=1S/C22H19NO9/c1-5-28-15-6-7-17-16(10-15)22(27)32-21(23-17)14-8-18(29-11(2)24)20(31-13(4)26)19(9-14)30-12(3)25/h6-10H,5H2,1-4H3. The zero-order valence-corrected chi connectivity index (χ0v) is 17.7. The second-order valence-corrected chi connectivity index (χ2v) is 6.50. The Balaban J connectivity index is 2.21. The Morgan fingerprint density at radius 3 is 2.03 bits per heavy atom. The molecular weight excluding hydrogens is 422 g/mol. The van der Waals surface area contributed by atoms with E-state index in [2.05, 4.69) is 4.98 Å². The smallest absolute Gasteiger partial charge is 0.347 e. The van der Waals surface area contributed by atoms with Crippen molar-refractivity contribution in [3.63, 3.8) is 0 Å². The fourth-order valence-corrected chi connectivity index (χ4v) is 2.84. The van der Waals surface area contributed by atoms with Gasteiger partial charge in [-0.1, -0.05) is 0 Å². The highest BCUT2D eigenvalue weighted by molar-refractivity contribution is 5.82. The van der Waals surface area contributed by atoms with E-state index in [1.165, 1.54) is 18.2 Å². The first-order chi connectivity index (χ1) is 15.2. The van der Waals surface area contributed by atoms with Crippen molar-refractivity contribution in [2.45, 2.75) is 27.7 Å². The van der Waals surface area contributed by atoms with Crippen molar-refractivity contribution in [3.05, 3.63) is 40.8 Å². The molecule has 1 aromatic heterocycles. The van der Waals surface area contributed by atoms with Crippen molar-refractivity contribution >= 4 is 28.8 Å². The number of hydrogen-bond donors (Lipinski definition) is 0. The first kappa shape index (κ1) is 22.5. The summed E-state index contributed by atoms with van der Waals surface area (Å²) in [5, 5.41) is 0.205. The van der Waals surface area contributed by atoms with Crippen molar-refractivity contribution in [2.24, 2.45) is 0 Å². The van der Waals surface area contributed by atoms with E-state index < -0.39 is 23.5 Å². The first-order valence-corrected chi connectivity index (χ1v) is 9.49. The SMILES string of the molecule is CCOc1ccc2nc(-c3cc(OC(C)=O)c(OC(C)=O)c(OC(C)=O)c3)oc(=O)c2c1. The van der Waals surface area contributed by atoms with Crippen LogP contribution in [-0.2, 0) is 14.4 Å². The molecule has 1 heterocycles. The van der Waals surface area contributed by atoms with E-state index in [1.807, 2.05) is 6.92 Å². The minimum absolute atomic E-state index is 0.136. The molecule has 0 fully saturated rings. The largest absolute Gasteiger partial charge is 0.494 e. The Bertz CT molecular complexity index is 1240. The van der Waals surface area contributed by atoms with Crippen LogP contribution in [0.3, 0.4) is 0 Å². The number of rotatable bonds is 6. The van der Waals surface area contributed by atoms with Gasteiger partial charge in [-0.05, 0) is 37.3 Å². The molecule has 0 spiro atoms. The fourth-order valence-electron chi connectivity index (χ4n) is 2.84. The number of ether oxygens (including phenoxy) is 4. The number of aromatic nitrogens is 1. The number of benzene rings is 2. The molecule has 0 unspecified atom stereocenters. The zero-order valence-electron chi connectivity index (χ0n) is 17.7. The highest BCUT2D eigenvalue weighted by Crippen LogP contribution is 2.42. The number of esters is 3. The van der Waals surface area contributed by atoms with Gasteiger partial charge >= 0.3 is 23.5 Å². The Hall–Kier alpha value is -4.21. The molecule has 32 heavy (non-hydrogen) atoms. The molecule has 0 bridgehead atoms. The minimum Gasteiger partial charge on any atom is -0.494 e. The van der Waals surface area contributed by atoms with E-state index in [1.54, 1.807) is 12.1 Å². The number of carbonyl (C=O) groups excluding carboxylic acids is 3. The quantitative estimate of drug-likeness (QED) is 0.415. The van der Waals surface area contributed by atoms with Gasteiger partial charge < -0.3 is 23.4 Å². The Morgan fingerprint density at radius 1 is 0.906 bits per heavy atom. The second kappa shape index (κ2) is 9.29. The van der Waals surface area contributed by atoms with E-state index in [0.717, 1.165) is 20.8 Å². The van der Waals surface area contributed by atoms with Gasteiger partial charge in [0.2, 0.25) is 11.6 Å². The molecule has 0 saturated heterocycles. The van der Waals surface area contributed by atoms with Crippen molar-refractivity contribution in [3.8, 4) is 34.5 Å². The summed E-state index contributed by atoms with van der Waals surface area (Å²) in [5.74, 6) is -2.56. The van der Waals surface area contributed by atoms with Crippen LogP contribution in [-0.4, -0.2) is 29.5 Å². The van der Waals surface area contributed by atoms with Crippen LogP contribution in [0.4, 0.5) is 0 Å². The molecule has 0 radical (unpaired) electrons. The summed E-state index contributed by atoms with van der Waals surface area (Å²) in [6, 6.07) is 7.31. The maximum atomic E-state index is 12.6. The third-order valence-corrected chi connectivity index (χ3v) is 3.93. The van der Waals surface area contributed by atoms with Crippen LogP contribution in [0, 0.1) is 0 Å². The predicted octanol–water partition coefficient (Wildman–Crippen LogP) is 3.03. The normalized spacial score (nSPS) is 10.5. The molecule has 0 aliphatic rings. The molecular formula is C22H19NO9. The molecule has 166 valence electrons. The van der Waals surface area contributed by atoms with Gasteiger partial charge in [-0.25, -0.2) is 9.78 Å². The van der Waals surface area contributed by atoms with Gasteiger partial charge in [0.1, 0.15) is 5.75 Å². The van der Waals surface area contributed by atoms with Crippen LogP contribution in [0.2, 0.25) is 0 Å². The average Bonchev–Trinajstić information content (AvgIpc) is 2.69. The Morgan fingerprint density at radius 2 is 1.50 bits per heavy atom. The summed E-state index contributed by atoms with van der Waals surface area (Å²) in [7, 11) is 0. The Kier molecular flexibility index (Phi) is 6.53. The molecule has 0 aliphatic heterocycles. The lowest BCUT2D eigenvalue weighted by Crippen LogP contribution is -2.11. The van der Waals surface area contributed by atoms with Crippen LogP contribution in [0.15, 0.2) is 39.5 Å². The molecule has 0 amide bonds. The van der Waals surface area contributed by atoms with Gasteiger partial charge in [-0.3, -0.25) is 14.4 Å². The third-order valence-electron chi connectivity index (χ3n) is 3.93. The van der Waals surface area contributed by atoms with Gasteiger partial charge in [0.15, 0.2) is 11.5 Å². The van der Waals surface area contributed by atoms with Crippen LogP contribution in [0.25, 0.3) is 22.4 Å². The van der Waals surface area contributed by atoms with Crippen molar-refractivity contribution in [2.75, 3.05) is 6.61 Å². The summed E-state index contributed by atoms with van der Waals surface area (Å²) in [6.07, 6.45) is 0. The van der Waals surface area contributed by atoms with Gasteiger partial charge in [0, 0.05) is 26.3 Å².